The van der Waals surface area contributed by atoms with E-state index in [-0.39, 0.29) is 0 Å². The van der Waals surface area contributed by atoms with Crippen LogP contribution in [0.3, 0.4) is 0 Å². The van der Waals surface area contributed by atoms with Gasteiger partial charge in [0.15, 0.2) is 5.65 Å². The molecule has 0 radical (unpaired) electrons. The largest absolute Gasteiger partial charge is 0.345 e. The van der Waals surface area contributed by atoms with Gasteiger partial charge in [0, 0.05) is 12.4 Å². The molecule has 16 heavy (non-hydrogen) atoms. The number of rotatable bonds is 1. The van der Waals surface area contributed by atoms with E-state index in [1.165, 1.54) is 12.4 Å². The molecule has 78 valence electrons. The van der Waals surface area contributed by atoms with Crippen molar-refractivity contribution >= 4 is 11.2 Å². The van der Waals surface area contributed by atoms with Crippen molar-refractivity contribution in [3.8, 4) is 11.3 Å². The highest BCUT2D eigenvalue weighted by Crippen LogP contribution is 2.19. The number of hydrogen-bond acceptors (Lipinski definition) is 3. The molecule has 1 N–H and O–H groups in total. The smallest absolute Gasteiger partial charge is 0.222 e. The number of nitrogens with zero attached hydrogens (tertiary/aromatic N) is 3. The molecule has 0 aromatic carbocycles. The second-order valence-electron chi connectivity index (χ2n) is 3.31. The van der Waals surface area contributed by atoms with Crippen molar-refractivity contribution in [2.75, 3.05) is 0 Å². The highest BCUT2D eigenvalue weighted by Gasteiger charge is 2.08. The second-order valence-corrected chi connectivity index (χ2v) is 3.31. The molecular weight excluding hydrogens is 207 g/mol. The van der Waals surface area contributed by atoms with Crippen LogP contribution in [0.4, 0.5) is 4.39 Å². The SMILES string of the molecule is Fc1ncccc1-c1cnc2cc[nH]c2n1. The summed E-state index contributed by atoms with van der Waals surface area (Å²) < 4.78 is 13.4. The summed E-state index contributed by atoms with van der Waals surface area (Å²) in [4.78, 5) is 14.9. The first-order chi connectivity index (χ1) is 7.84. The third-order valence-corrected chi connectivity index (χ3v) is 2.30. The number of aromatic nitrogens is 4. The number of H-pyrrole nitrogens is 1. The van der Waals surface area contributed by atoms with Crippen LogP contribution >= 0.6 is 0 Å². The molecule has 0 atom stereocenters. The van der Waals surface area contributed by atoms with Crippen molar-refractivity contribution in [1.29, 1.82) is 0 Å². The fourth-order valence-electron chi connectivity index (χ4n) is 1.53. The Labute approximate surface area is 90.2 Å². The van der Waals surface area contributed by atoms with Gasteiger partial charge in [-0.2, -0.15) is 4.39 Å². The Kier molecular flexibility index (Phi) is 1.89. The Balaban J connectivity index is 2.22. The van der Waals surface area contributed by atoms with Crippen molar-refractivity contribution in [3.63, 3.8) is 0 Å². The second kappa shape index (κ2) is 3.37. The number of aromatic amines is 1. The van der Waals surface area contributed by atoms with E-state index in [1.807, 2.05) is 6.07 Å². The molecule has 5 heteroatoms. The zero-order chi connectivity index (χ0) is 11.0. The highest BCUT2D eigenvalue weighted by atomic mass is 19.1. The van der Waals surface area contributed by atoms with Gasteiger partial charge < -0.3 is 4.98 Å². The Morgan fingerprint density at radius 3 is 3.00 bits per heavy atom. The van der Waals surface area contributed by atoms with Crippen LogP contribution in [-0.2, 0) is 0 Å². The molecule has 0 bridgehead atoms. The van der Waals surface area contributed by atoms with Crippen LogP contribution in [0.1, 0.15) is 0 Å². The van der Waals surface area contributed by atoms with Crippen molar-refractivity contribution in [2.24, 2.45) is 0 Å². The molecule has 0 aliphatic heterocycles. The first-order valence-electron chi connectivity index (χ1n) is 4.75. The molecule has 4 nitrogen and oxygen atoms in total. The van der Waals surface area contributed by atoms with Crippen LogP contribution in [-0.4, -0.2) is 19.9 Å². The summed E-state index contributed by atoms with van der Waals surface area (Å²) in [6.45, 7) is 0. The normalized spacial score (nSPS) is 10.8. The van der Waals surface area contributed by atoms with Crippen LogP contribution in [0.25, 0.3) is 22.4 Å². The zero-order valence-corrected chi connectivity index (χ0v) is 8.18. The minimum atomic E-state index is -0.539. The van der Waals surface area contributed by atoms with Gasteiger partial charge in [0.1, 0.15) is 5.52 Å². The molecule has 3 heterocycles. The van der Waals surface area contributed by atoms with Crippen molar-refractivity contribution in [2.45, 2.75) is 0 Å². The van der Waals surface area contributed by atoms with E-state index >= 15 is 0 Å². The monoisotopic (exact) mass is 214 g/mol. The van der Waals surface area contributed by atoms with Gasteiger partial charge in [-0.1, -0.05) is 0 Å². The summed E-state index contributed by atoms with van der Waals surface area (Å²) >= 11 is 0. The van der Waals surface area contributed by atoms with Gasteiger partial charge in [-0.25, -0.2) is 9.97 Å². The third kappa shape index (κ3) is 1.33. The quantitative estimate of drug-likeness (QED) is 0.631. The van der Waals surface area contributed by atoms with Gasteiger partial charge in [-0.15, -0.1) is 0 Å². The fraction of sp³-hybridized carbons (Fsp3) is 0. The molecule has 0 amide bonds. The fourth-order valence-corrected chi connectivity index (χ4v) is 1.53. The third-order valence-electron chi connectivity index (χ3n) is 2.30. The number of halogens is 1. The summed E-state index contributed by atoms with van der Waals surface area (Å²) in [6.07, 6.45) is 4.68. The lowest BCUT2D eigenvalue weighted by Gasteiger charge is -2.00. The molecule has 0 saturated carbocycles. The lowest BCUT2D eigenvalue weighted by atomic mass is 10.2. The molecule has 3 aromatic rings. The van der Waals surface area contributed by atoms with Gasteiger partial charge in [-0.05, 0) is 18.2 Å². The van der Waals surface area contributed by atoms with E-state index < -0.39 is 5.95 Å². The molecule has 3 rings (SSSR count). The van der Waals surface area contributed by atoms with E-state index in [9.17, 15) is 4.39 Å². The molecule has 0 aliphatic rings. The predicted octanol–water partition coefficient (Wildman–Crippen LogP) is 2.16. The summed E-state index contributed by atoms with van der Waals surface area (Å²) in [7, 11) is 0. The zero-order valence-electron chi connectivity index (χ0n) is 8.18. The maximum absolute atomic E-state index is 13.4. The molecule has 0 fully saturated rings. The van der Waals surface area contributed by atoms with Gasteiger partial charge in [0.05, 0.1) is 17.5 Å². The van der Waals surface area contributed by atoms with Crippen molar-refractivity contribution in [3.05, 3.63) is 42.7 Å². The molecule has 0 spiro atoms. The molecular formula is C11H7FN4. The van der Waals surface area contributed by atoms with E-state index in [0.717, 1.165) is 5.52 Å². The van der Waals surface area contributed by atoms with Crippen molar-refractivity contribution < 1.29 is 4.39 Å². The lowest BCUT2D eigenvalue weighted by Crippen LogP contribution is -1.92. The first-order valence-corrected chi connectivity index (χ1v) is 4.75. The Morgan fingerprint density at radius 2 is 2.12 bits per heavy atom. The van der Waals surface area contributed by atoms with E-state index in [2.05, 4.69) is 19.9 Å². The van der Waals surface area contributed by atoms with E-state index in [4.69, 9.17) is 0 Å². The lowest BCUT2D eigenvalue weighted by molar-refractivity contribution is 0.587. The minimum absolute atomic E-state index is 0.353. The molecule has 0 saturated heterocycles. The maximum Gasteiger partial charge on any atom is 0.222 e. The predicted molar refractivity (Wildman–Crippen MR) is 57.1 cm³/mol. The maximum atomic E-state index is 13.4. The van der Waals surface area contributed by atoms with Gasteiger partial charge in [0.25, 0.3) is 0 Å². The van der Waals surface area contributed by atoms with Crippen molar-refractivity contribution in [1.82, 2.24) is 19.9 Å². The highest BCUT2D eigenvalue weighted by molar-refractivity contribution is 5.73. The minimum Gasteiger partial charge on any atom is -0.345 e. The topological polar surface area (TPSA) is 54.5 Å². The van der Waals surface area contributed by atoms with Gasteiger partial charge in [0.2, 0.25) is 5.95 Å². The number of hydrogen-bond donors (Lipinski definition) is 1. The summed E-state index contributed by atoms with van der Waals surface area (Å²) in [5.74, 6) is -0.539. The molecule has 3 aromatic heterocycles. The number of pyridine rings is 1. The average Bonchev–Trinajstić information content (AvgIpc) is 2.76. The van der Waals surface area contributed by atoms with E-state index in [1.54, 1.807) is 18.3 Å². The summed E-state index contributed by atoms with van der Waals surface area (Å²) in [5.41, 5.74) is 2.22. The van der Waals surface area contributed by atoms with Gasteiger partial charge in [-0.3, -0.25) is 4.98 Å². The standard InChI is InChI=1S/C11H7FN4/c12-10-7(2-1-4-13-10)9-6-15-8-3-5-14-11(8)16-9/h1-6H,(H,14,16). The van der Waals surface area contributed by atoms with Crippen LogP contribution in [0.5, 0.6) is 0 Å². The average molecular weight is 214 g/mol. The van der Waals surface area contributed by atoms with E-state index in [0.29, 0.717) is 16.9 Å². The summed E-state index contributed by atoms with van der Waals surface area (Å²) in [6, 6.07) is 5.10. The Bertz CT molecular complexity index is 647. The molecule has 0 unspecified atom stereocenters. The van der Waals surface area contributed by atoms with Crippen LogP contribution < -0.4 is 0 Å². The van der Waals surface area contributed by atoms with Crippen LogP contribution in [0, 0.1) is 5.95 Å². The van der Waals surface area contributed by atoms with Crippen LogP contribution in [0.2, 0.25) is 0 Å². The Morgan fingerprint density at radius 1 is 1.19 bits per heavy atom. The van der Waals surface area contributed by atoms with Gasteiger partial charge >= 0.3 is 0 Å². The Hall–Kier alpha value is -2.30. The van der Waals surface area contributed by atoms with Crippen LogP contribution in [0.15, 0.2) is 36.8 Å². The summed E-state index contributed by atoms with van der Waals surface area (Å²) in [5, 5.41) is 0. The number of nitrogens with one attached hydrogen (secondary N) is 1. The molecule has 0 aliphatic carbocycles. The first kappa shape index (κ1) is 8.96. The number of fused-ring (bicyclic) bond motifs is 1.